The number of rotatable bonds is 1. The second-order valence-electron chi connectivity index (χ2n) is 4.09. The summed E-state index contributed by atoms with van der Waals surface area (Å²) in [5.41, 5.74) is 8.29. The monoisotopic (exact) mass is 231 g/mol. The van der Waals surface area contributed by atoms with Gasteiger partial charge in [0.1, 0.15) is 0 Å². The molecular weight excluding hydrogens is 218 g/mol. The van der Waals surface area contributed by atoms with E-state index in [1.807, 2.05) is 18.5 Å². The largest absolute Gasteiger partial charge is 0.375 e. The van der Waals surface area contributed by atoms with Gasteiger partial charge in [-0.15, -0.1) is 11.3 Å². The minimum Gasteiger partial charge on any atom is -0.375 e. The minimum absolute atomic E-state index is 0.403. The molecule has 0 saturated heterocycles. The summed E-state index contributed by atoms with van der Waals surface area (Å²) in [5.74, 6) is 0.403. The van der Waals surface area contributed by atoms with Crippen molar-refractivity contribution in [2.24, 2.45) is 0 Å². The first kappa shape index (κ1) is 9.78. The quantitative estimate of drug-likeness (QED) is 0.820. The van der Waals surface area contributed by atoms with Gasteiger partial charge in [-0.25, -0.2) is 4.98 Å². The van der Waals surface area contributed by atoms with Gasteiger partial charge in [-0.3, -0.25) is 4.98 Å². The molecule has 4 heteroatoms. The lowest BCUT2D eigenvalue weighted by molar-refractivity contribution is 0.604. The fourth-order valence-corrected chi connectivity index (χ4v) is 3.17. The lowest BCUT2D eigenvalue weighted by atomic mass is 9.86. The molecule has 0 spiro atoms. The van der Waals surface area contributed by atoms with Gasteiger partial charge in [0.05, 0.1) is 5.69 Å². The smallest absolute Gasteiger partial charge is 0.180 e. The van der Waals surface area contributed by atoms with Gasteiger partial charge in [0.25, 0.3) is 0 Å². The summed E-state index contributed by atoms with van der Waals surface area (Å²) < 4.78 is 0. The highest BCUT2D eigenvalue weighted by Crippen LogP contribution is 2.37. The summed E-state index contributed by atoms with van der Waals surface area (Å²) >= 11 is 1.58. The number of thiazole rings is 1. The van der Waals surface area contributed by atoms with Crippen LogP contribution in [-0.4, -0.2) is 9.97 Å². The van der Waals surface area contributed by atoms with Crippen molar-refractivity contribution >= 4 is 16.5 Å². The Kier molecular flexibility index (Phi) is 2.36. The van der Waals surface area contributed by atoms with Crippen molar-refractivity contribution in [1.29, 1.82) is 0 Å². The van der Waals surface area contributed by atoms with E-state index in [0.29, 0.717) is 11.0 Å². The number of aryl methyl sites for hydroxylation is 1. The molecule has 1 atom stereocenters. The Hall–Kier alpha value is -1.42. The number of nitrogens with zero attached hydrogens (tertiary/aromatic N) is 2. The van der Waals surface area contributed by atoms with Crippen LogP contribution in [0.5, 0.6) is 0 Å². The molecule has 0 aliphatic heterocycles. The average Bonchev–Trinajstić information content (AvgIpc) is 2.75. The van der Waals surface area contributed by atoms with E-state index in [4.69, 9.17) is 5.73 Å². The molecule has 0 amide bonds. The Balaban J connectivity index is 2.04. The average molecular weight is 231 g/mol. The van der Waals surface area contributed by atoms with E-state index in [-0.39, 0.29) is 0 Å². The van der Waals surface area contributed by atoms with Crippen LogP contribution in [-0.2, 0) is 6.42 Å². The van der Waals surface area contributed by atoms with E-state index in [1.54, 1.807) is 11.3 Å². The third-order valence-electron chi connectivity index (χ3n) is 3.08. The number of fused-ring (bicyclic) bond motifs is 1. The second kappa shape index (κ2) is 3.87. The Labute approximate surface area is 98.4 Å². The van der Waals surface area contributed by atoms with E-state index < -0.39 is 0 Å². The Morgan fingerprint density at radius 3 is 3.12 bits per heavy atom. The van der Waals surface area contributed by atoms with E-state index in [2.05, 4.69) is 16.0 Å². The number of pyridine rings is 1. The van der Waals surface area contributed by atoms with Gasteiger partial charge in [-0.2, -0.15) is 0 Å². The van der Waals surface area contributed by atoms with Crippen molar-refractivity contribution in [3.05, 3.63) is 40.7 Å². The first-order valence-electron chi connectivity index (χ1n) is 5.49. The molecule has 1 unspecified atom stereocenters. The fourth-order valence-electron chi connectivity index (χ4n) is 2.35. The standard InChI is InChI=1S/C12H13N3S/c13-12-15-7-10(16-12)9-5-1-3-8-4-2-6-14-11(8)9/h2,4,6-7,9H,1,3,5H2,(H2,13,15). The maximum absolute atomic E-state index is 5.69. The Bertz CT molecular complexity index is 506. The number of nitrogens with two attached hydrogens (primary N) is 1. The summed E-state index contributed by atoms with van der Waals surface area (Å²) in [5, 5.41) is 0.651. The molecule has 2 aromatic heterocycles. The number of aromatic nitrogens is 2. The van der Waals surface area contributed by atoms with Crippen molar-refractivity contribution in [3.8, 4) is 0 Å². The van der Waals surface area contributed by atoms with Gasteiger partial charge in [0.2, 0.25) is 0 Å². The molecule has 0 aromatic carbocycles. The maximum Gasteiger partial charge on any atom is 0.180 e. The molecule has 0 fully saturated rings. The summed E-state index contributed by atoms with van der Waals surface area (Å²) in [7, 11) is 0. The van der Waals surface area contributed by atoms with Crippen LogP contribution in [0.25, 0.3) is 0 Å². The van der Waals surface area contributed by atoms with Crippen LogP contribution in [0.3, 0.4) is 0 Å². The number of anilines is 1. The summed E-state index contributed by atoms with van der Waals surface area (Å²) in [6, 6.07) is 4.20. The molecule has 16 heavy (non-hydrogen) atoms. The van der Waals surface area contributed by atoms with Crippen LogP contribution in [0, 0.1) is 0 Å². The van der Waals surface area contributed by atoms with Gasteiger partial charge in [-0.1, -0.05) is 6.07 Å². The van der Waals surface area contributed by atoms with E-state index in [1.165, 1.54) is 22.6 Å². The van der Waals surface area contributed by atoms with E-state index >= 15 is 0 Å². The third-order valence-corrected chi connectivity index (χ3v) is 4.02. The molecule has 2 N–H and O–H groups in total. The molecule has 3 nitrogen and oxygen atoms in total. The van der Waals surface area contributed by atoms with E-state index in [0.717, 1.165) is 12.8 Å². The highest BCUT2D eigenvalue weighted by molar-refractivity contribution is 7.15. The zero-order valence-corrected chi connectivity index (χ0v) is 9.70. The highest BCUT2D eigenvalue weighted by Gasteiger charge is 2.24. The van der Waals surface area contributed by atoms with Gasteiger partial charge < -0.3 is 5.73 Å². The van der Waals surface area contributed by atoms with Gasteiger partial charge >= 0.3 is 0 Å². The highest BCUT2D eigenvalue weighted by atomic mass is 32.1. The second-order valence-corrected chi connectivity index (χ2v) is 5.19. The summed E-state index contributed by atoms with van der Waals surface area (Å²) in [6.45, 7) is 0. The molecule has 0 bridgehead atoms. The SMILES string of the molecule is Nc1ncc(C2CCCc3cccnc32)s1. The zero-order chi connectivity index (χ0) is 11.0. The molecule has 82 valence electrons. The number of nitrogen functional groups attached to an aromatic ring is 1. The van der Waals surface area contributed by atoms with Gasteiger partial charge in [-0.05, 0) is 30.9 Å². The van der Waals surface area contributed by atoms with Crippen LogP contribution in [0.4, 0.5) is 5.13 Å². The molecule has 0 saturated carbocycles. The van der Waals surface area contributed by atoms with Gasteiger partial charge in [0.15, 0.2) is 5.13 Å². The minimum atomic E-state index is 0.403. The molecule has 3 rings (SSSR count). The first-order valence-corrected chi connectivity index (χ1v) is 6.31. The molecule has 2 aromatic rings. The van der Waals surface area contributed by atoms with Crippen LogP contribution in [0.1, 0.15) is 34.9 Å². The van der Waals surface area contributed by atoms with Crippen molar-refractivity contribution in [2.75, 3.05) is 5.73 Å². The molecule has 1 aliphatic rings. The van der Waals surface area contributed by atoms with Crippen molar-refractivity contribution in [2.45, 2.75) is 25.2 Å². The Morgan fingerprint density at radius 2 is 2.31 bits per heavy atom. The van der Waals surface area contributed by atoms with Crippen LogP contribution >= 0.6 is 11.3 Å². The molecule has 2 heterocycles. The van der Waals surface area contributed by atoms with Crippen molar-refractivity contribution in [3.63, 3.8) is 0 Å². The van der Waals surface area contributed by atoms with Crippen LogP contribution < -0.4 is 5.73 Å². The number of hydrogen-bond donors (Lipinski definition) is 1. The zero-order valence-electron chi connectivity index (χ0n) is 8.89. The van der Waals surface area contributed by atoms with Crippen molar-refractivity contribution in [1.82, 2.24) is 9.97 Å². The van der Waals surface area contributed by atoms with Crippen LogP contribution in [0.2, 0.25) is 0 Å². The Morgan fingerprint density at radius 1 is 1.38 bits per heavy atom. The molecular formula is C12H13N3S. The van der Waals surface area contributed by atoms with Gasteiger partial charge in [0, 0.05) is 23.2 Å². The predicted octanol–water partition coefficient (Wildman–Crippen LogP) is 2.59. The molecule has 1 aliphatic carbocycles. The lowest BCUT2D eigenvalue weighted by Gasteiger charge is -2.22. The normalized spacial score (nSPS) is 19.4. The topological polar surface area (TPSA) is 51.8 Å². The third kappa shape index (κ3) is 1.59. The fraction of sp³-hybridized carbons (Fsp3) is 0.333. The summed E-state index contributed by atoms with van der Waals surface area (Å²) in [4.78, 5) is 9.91. The predicted molar refractivity (Wildman–Crippen MR) is 65.5 cm³/mol. The molecule has 0 radical (unpaired) electrons. The van der Waals surface area contributed by atoms with Crippen molar-refractivity contribution < 1.29 is 0 Å². The first-order chi connectivity index (χ1) is 7.84. The summed E-state index contributed by atoms with van der Waals surface area (Å²) in [6.07, 6.45) is 7.30. The number of hydrogen-bond acceptors (Lipinski definition) is 4. The van der Waals surface area contributed by atoms with Crippen LogP contribution in [0.15, 0.2) is 24.5 Å². The lowest BCUT2D eigenvalue weighted by Crippen LogP contribution is -2.11. The van der Waals surface area contributed by atoms with E-state index in [9.17, 15) is 0 Å². The maximum atomic E-state index is 5.69.